The zero-order valence-electron chi connectivity index (χ0n) is 22.7. The van der Waals surface area contributed by atoms with Gasteiger partial charge in [-0.25, -0.2) is 4.68 Å². The maximum absolute atomic E-state index is 14.0. The molecule has 0 saturated carbocycles. The molecule has 0 unspecified atom stereocenters. The van der Waals surface area contributed by atoms with Crippen molar-refractivity contribution in [3.05, 3.63) is 78.0 Å². The Morgan fingerprint density at radius 2 is 1.68 bits per heavy atom. The van der Waals surface area contributed by atoms with Crippen molar-refractivity contribution in [3.63, 3.8) is 0 Å². The second-order valence-corrected chi connectivity index (χ2v) is 16.1. The van der Waals surface area contributed by atoms with Gasteiger partial charge in [-0.05, 0) is 54.1 Å². The topological polar surface area (TPSA) is 71.8 Å². The number of methoxy groups -OCH3 is 1. The lowest BCUT2D eigenvalue weighted by Crippen LogP contribution is -2.22. The molecular weight excluding hydrogens is 541 g/mol. The van der Waals surface area contributed by atoms with E-state index in [1.807, 2.05) is 6.07 Å². The number of aromatic nitrogens is 2. The number of carbonyl (C=O) groups excluding carboxylic acids is 1. The number of fused-ring (bicyclic) bond motifs is 1. The van der Waals surface area contributed by atoms with Gasteiger partial charge in [0, 0.05) is 14.7 Å². The predicted octanol–water partition coefficient (Wildman–Crippen LogP) is 7.67. The number of benzene rings is 3. The molecule has 0 spiro atoms. The number of nitrogens with zero attached hydrogens (tertiary/aromatic N) is 2. The van der Waals surface area contributed by atoms with Gasteiger partial charge in [-0.3, -0.25) is 4.79 Å². The molecule has 0 aliphatic rings. The lowest BCUT2D eigenvalue weighted by molar-refractivity contribution is -0.140. The Bertz CT molecular complexity index is 1480. The van der Waals surface area contributed by atoms with Crippen molar-refractivity contribution in [2.45, 2.75) is 45.0 Å². The molecule has 0 fully saturated rings. The van der Waals surface area contributed by atoms with Gasteiger partial charge >= 0.3 is 12.1 Å². The third-order valence-electron chi connectivity index (χ3n) is 6.04. The standard InChI is InChI=1S/C29H31F3N2O5Si/c1-36-28(35)16-20-7-5-8-21(15-20)39-27-12-11-22(17-24(27)29(30,31)32)38-26-10-6-9-25-23(26)18-33-34(25)19-37-13-14-40(2,3)4/h5-12,15,17-18H,13-14,16,19H2,1-4H3. The van der Waals surface area contributed by atoms with Crippen LogP contribution in [-0.2, 0) is 33.6 Å². The number of halogens is 3. The molecular formula is C29H31F3N2O5Si. The fraction of sp³-hybridized carbons (Fsp3) is 0.310. The van der Waals surface area contributed by atoms with Crippen LogP contribution >= 0.6 is 0 Å². The highest BCUT2D eigenvalue weighted by Gasteiger charge is 2.35. The normalized spacial score (nSPS) is 12.0. The summed E-state index contributed by atoms with van der Waals surface area (Å²) in [6.45, 7) is 7.73. The first-order valence-corrected chi connectivity index (χ1v) is 16.4. The van der Waals surface area contributed by atoms with Gasteiger partial charge in [0.2, 0.25) is 0 Å². The molecule has 0 N–H and O–H groups in total. The highest BCUT2D eigenvalue weighted by atomic mass is 28.3. The lowest BCUT2D eigenvalue weighted by Gasteiger charge is -2.16. The smallest absolute Gasteiger partial charge is 0.420 e. The summed E-state index contributed by atoms with van der Waals surface area (Å²) in [6, 6.07) is 16.1. The van der Waals surface area contributed by atoms with Gasteiger partial charge in [-0.15, -0.1) is 0 Å². The molecule has 0 bridgehead atoms. The van der Waals surface area contributed by atoms with Crippen LogP contribution in [0.2, 0.25) is 25.7 Å². The Labute approximate surface area is 231 Å². The van der Waals surface area contributed by atoms with E-state index < -0.39 is 31.5 Å². The van der Waals surface area contributed by atoms with Crippen molar-refractivity contribution >= 4 is 24.9 Å². The van der Waals surface area contributed by atoms with E-state index in [-0.39, 0.29) is 24.7 Å². The van der Waals surface area contributed by atoms with Crippen LogP contribution in [0.1, 0.15) is 11.1 Å². The largest absolute Gasteiger partial charge is 0.469 e. The number of rotatable bonds is 11. The molecule has 7 nitrogen and oxygen atoms in total. The van der Waals surface area contributed by atoms with Gasteiger partial charge in [-0.2, -0.15) is 18.3 Å². The number of ether oxygens (including phenoxy) is 4. The van der Waals surface area contributed by atoms with Crippen molar-refractivity contribution in [1.82, 2.24) is 9.78 Å². The molecule has 40 heavy (non-hydrogen) atoms. The van der Waals surface area contributed by atoms with E-state index in [4.69, 9.17) is 14.2 Å². The maximum atomic E-state index is 14.0. The van der Waals surface area contributed by atoms with Crippen LogP contribution in [0.25, 0.3) is 10.9 Å². The van der Waals surface area contributed by atoms with Gasteiger partial charge in [0.25, 0.3) is 0 Å². The average Bonchev–Trinajstić information content (AvgIpc) is 3.30. The van der Waals surface area contributed by atoms with Gasteiger partial charge in [0.15, 0.2) is 0 Å². The molecule has 0 amide bonds. The van der Waals surface area contributed by atoms with Crippen molar-refractivity contribution in [2.24, 2.45) is 0 Å². The summed E-state index contributed by atoms with van der Waals surface area (Å²) in [4.78, 5) is 11.6. The first-order chi connectivity index (χ1) is 18.9. The van der Waals surface area contributed by atoms with Crippen molar-refractivity contribution < 1.29 is 36.9 Å². The summed E-state index contributed by atoms with van der Waals surface area (Å²) >= 11 is 0. The SMILES string of the molecule is COC(=O)Cc1cccc(Oc2ccc(Oc3cccc4c3cnn4COCC[Si](C)(C)C)cc2C(F)(F)F)c1. The maximum Gasteiger partial charge on any atom is 0.420 e. The summed E-state index contributed by atoms with van der Waals surface area (Å²) in [5.74, 6) is -0.347. The summed E-state index contributed by atoms with van der Waals surface area (Å²) < 4.78 is 65.7. The van der Waals surface area contributed by atoms with Crippen LogP contribution in [0.3, 0.4) is 0 Å². The van der Waals surface area contributed by atoms with Crippen LogP contribution in [-0.4, -0.2) is 37.5 Å². The van der Waals surface area contributed by atoms with Gasteiger partial charge < -0.3 is 18.9 Å². The fourth-order valence-electron chi connectivity index (χ4n) is 3.89. The highest BCUT2D eigenvalue weighted by molar-refractivity contribution is 6.76. The Kier molecular flexibility index (Phi) is 8.84. The van der Waals surface area contributed by atoms with E-state index in [9.17, 15) is 18.0 Å². The fourth-order valence-corrected chi connectivity index (χ4v) is 4.65. The van der Waals surface area contributed by atoms with E-state index in [2.05, 4.69) is 29.5 Å². The number of alkyl halides is 3. The molecule has 4 rings (SSSR count). The average molecular weight is 573 g/mol. The number of carbonyl (C=O) groups is 1. The molecule has 0 radical (unpaired) electrons. The highest BCUT2D eigenvalue weighted by Crippen LogP contribution is 2.41. The van der Waals surface area contributed by atoms with Gasteiger partial charge in [0.05, 0.1) is 30.6 Å². The third kappa shape index (κ3) is 7.63. The molecule has 3 aromatic carbocycles. The van der Waals surface area contributed by atoms with Crippen LogP contribution in [0.15, 0.2) is 66.9 Å². The predicted molar refractivity (Wildman–Crippen MR) is 148 cm³/mol. The molecule has 1 aromatic heterocycles. The molecule has 0 atom stereocenters. The summed E-state index contributed by atoms with van der Waals surface area (Å²) in [7, 11) is 0.0427. The van der Waals surface area contributed by atoms with E-state index >= 15 is 0 Å². The summed E-state index contributed by atoms with van der Waals surface area (Å²) in [5.41, 5.74) is 0.295. The number of esters is 1. The van der Waals surface area contributed by atoms with Crippen molar-refractivity contribution in [1.29, 1.82) is 0 Å². The summed E-state index contributed by atoms with van der Waals surface area (Å²) in [6.07, 6.45) is -3.13. The third-order valence-corrected chi connectivity index (χ3v) is 7.75. The first kappa shape index (κ1) is 29.2. The Morgan fingerprint density at radius 3 is 2.40 bits per heavy atom. The van der Waals surface area contributed by atoms with Crippen molar-refractivity contribution in [2.75, 3.05) is 13.7 Å². The van der Waals surface area contributed by atoms with E-state index in [0.29, 0.717) is 23.3 Å². The second-order valence-electron chi connectivity index (χ2n) is 10.4. The molecule has 1 heterocycles. The first-order valence-electron chi connectivity index (χ1n) is 12.7. The number of hydrogen-bond donors (Lipinski definition) is 0. The van der Waals surface area contributed by atoms with Crippen LogP contribution < -0.4 is 9.47 Å². The molecule has 0 aliphatic carbocycles. The molecule has 4 aromatic rings. The number of hydrogen-bond acceptors (Lipinski definition) is 6. The summed E-state index contributed by atoms with van der Waals surface area (Å²) in [5, 5.41) is 5.02. The Hall–Kier alpha value is -3.83. The monoisotopic (exact) mass is 572 g/mol. The lowest BCUT2D eigenvalue weighted by atomic mass is 10.1. The van der Waals surface area contributed by atoms with Gasteiger partial charge in [-0.1, -0.05) is 37.8 Å². The zero-order valence-corrected chi connectivity index (χ0v) is 23.7. The van der Waals surface area contributed by atoms with E-state index in [1.54, 1.807) is 35.1 Å². The molecule has 0 saturated heterocycles. The minimum Gasteiger partial charge on any atom is -0.469 e. The van der Waals surface area contributed by atoms with E-state index in [0.717, 1.165) is 17.6 Å². The van der Waals surface area contributed by atoms with E-state index in [1.165, 1.54) is 31.4 Å². The molecule has 11 heteroatoms. The van der Waals surface area contributed by atoms with Crippen LogP contribution in [0, 0.1) is 0 Å². The molecule has 0 aliphatic heterocycles. The zero-order chi connectivity index (χ0) is 28.9. The Balaban J connectivity index is 1.54. The quantitative estimate of drug-likeness (QED) is 0.104. The Morgan fingerprint density at radius 1 is 0.950 bits per heavy atom. The minimum absolute atomic E-state index is 0.00856. The minimum atomic E-state index is -4.71. The van der Waals surface area contributed by atoms with Gasteiger partial charge in [0.1, 0.15) is 35.3 Å². The second kappa shape index (κ2) is 12.1. The van der Waals surface area contributed by atoms with Crippen molar-refractivity contribution in [3.8, 4) is 23.0 Å². The molecule has 212 valence electrons. The van der Waals surface area contributed by atoms with Crippen LogP contribution in [0.4, 0.5) is 13.2 Å². The van der Waals surface area contributed by atoms with Crippen LogP contribution in [0.5, 0.6) is 23.0 Å².